The van der Waals surface area contributed by atoms with Gasteiger partial charge < -0.3 is 24.4 Å². The third kappa shape index (κ3) is 12.6. The zero-order chi connectivity index (χ0) is 54.5. The number of benzene rings is 4. The lowest BCUT2D eigenvalue weighted by atomic mass is 10.1. The molecule has 8 aromatic rings. The number of aliphatic carboxylic acids is 1. The maximum atomic E-state index is 14.6. The second-order valence-electron chi connectivity index (χ2n) is 14.8. The molecule has 0 radical (unpaired) electrons. The summed E-state index contributed by atoms with van der Waals surface area (Å²) in [6, 6.07) is 22.0. The van der Waals surface area contributed by atoms with E-state index in [-0.39, 0.29) is 18.0 Å². The van der Waals surface area contributed by atoms with E-state index in [0.717, 1.165) is 48.2 Å². The number of hydrogen-bond acceptors (Lipinski definition) is 12. The Morgan fingerprint density at radius 3 is 1.30 bits per heavy atom. The van der Waals surface area contributed by atoms with Crippen LogP contribution in [0.15, 0.2) is 118 Å². The molecule has 0 saturated carbocycles. The highest BCUT2D eigenvalue weighted by atomic mass is 79.9. The van der Waals surface area contributed by atoms with Crippen molar-refractivity contribution in [3.63, 3.8) is 0 Å². The number of carboxylic acid groups (broad SMARTS) is 1. The van der Waals surface area contributed by atoms with E-state index >= 15 is 0 Å². The summed E-state index contributed by atoms with van der Waals surface area (Å²) >= 11 is 6.72. The Morgan fingerprint density at radius 1 is 0.568 bits per heavy atom. The molecule has 4 heterocycles. The van der Waals surface area contributed by atoms with Gasteiger partial charge in [-0.2, -0.15) is 27.8 Å². The molecule has 8 rings (SSSR count). The molecule has 17 nitrogen and oxygen atoms in total. The van der Waals surface area contributed by atoms with Crippen LogP contribution in [0.1, 0.15) is 18.3 Å². The summed E-state index contributed by atoms with van der Waals surface area (Å²) in [6.07, 6.45) is -6.90. The van der Waals surface area contributed by atoms with Crippen molar-refractivity contribution >= 4 is 43.8 Å². The van der Waals surface area contributed by atoms with E-state index in [9.17, 15) is 53.5 Å². The minimum absolute atomic E-state index is 0.166. The number of carboxylic acids is 1. The minimum Gasteiger partial charge on any atom is -0.476 e. The monoisotopic (exact) mass is 1170 g/mol. The fourth-order valence-corrected chi connectivity index (χ4v) is 7.55. The maximum Gasteiger partial charge on any atom is 0.573 e. The molecule has 0 aliphatic rings. The Bertz CT molecular complexity index is 3270. The van der Waals surface area contributed by atoms with Gasteiger partial charge in [0.05, 0.1) is 53.2 Å². The number of ether oxygens (including phenoxy) is 3. The van der Waals surface area contributed by atoms with Crippen molar-refractivity contribution in [1.29, 1.82) is 0 Å². The van der Waals surface area contributed by atoms with E-state index < -0.39 is 59.4 Å². The molecule has 74 heavy (non-hydrogen) atoms. The van der Waals surface area contributed by atoms with Crippen LogP contribution in [0.2, 0.25) is 0 Å². The molecule has 0 spiro atoms. The van der Waals surface area contributed by atoms with Crippen LogP contribution in [0.3, 0.4) is 0 Å². The Kier molecular flexibility index (Phi) is 16.7. The summed E-state index contributed by atoms with van der Waals surface area (Å²) in [5.41, 5.74) is 1.86. The van der Waals surface area contributed by atoms with Gasteiger partial charge in [-0.3, -0.25) is 9.36 Å². The van der Waals surface area contributed by atoms with Crippen LogP contribution in [0, 0.1) is 0 Å². The lowest BCUT2D eigenvalue weighted by molar-refractivity contribution is -0.275. The summed E-state index contributed by atoms with van der Waals surface area (Å²) in [5, 5.41) is 39.3. The number of carbonyl (C=O) groups excluding carboxylic acids is 1. The fourth-order valence-electron chi connectivity index (χ4n) is 6.85. The number of nitrogens with zero attached hydrogens (tertiary/aromatic N) is 10. The van der Waals surface area contributed by atoms with Crippen LogP contribution in [0.25, 0.3) is 56.4 Å². The topological polar surface area (TPSA) is 199 Å². The first kappa shape index (κ1) is 55.7. The summed E-state index contributed by atoms with van der Waals surface area (Å²) in [5.74, 6) is -13.0. The van der Waals surface area contributed by atoms with Crippen LogP contribution in [0.5, 0.6) is 11.5 Å². The first-order chi connectivity index (χ1) is 34.8. The van der Waals surface area contributed by atoms with Gasteiger partial charge >= 0.3 is 36.5 Å². The van der Waals surface area contributed by atoms with Crippen LogP contribution < -0.4 is 9.47 Å². The van der Waals surface area contributed by atoms with Gasteiger partial charge in [-0.05, 0) is 104 Å². The Balaban J connectivity index is 0.000000234. The van der Waals surface area contributed by atoms with E-state index in [0.29, 0.717) is 54.0 Å². The third-order valence-corrected chi connectivity index (χ3v) is 11.0. The van der Waals surface area contributed by atoms with Crippen molar-refractivity contribution in [2.45, 2.75) is 31.5 Å². The molecule has 390 valence electrons. The molecule has 0 fully saturated rings. The van der Waals surface area contributed by atoms with Gasteiger partial charge in [0, 0.05) is 52.4 Å². The molecular formula is C45H34Br2F10N10O7. The minimum atomic E-state index is -4.84. The summed E-state index contributed by atoms with van der Waals surface area (Å²) in [4.78, 5) is 22.8. The number of aliphatic hydroxyl groups excluding tert-OH is 1. The molecule has 29 heteroatoms. The predicted octanol–water partition coefficient (Wildman–Crippen LogP) is 10.4. The SMILES string of the molecule is CCOC(=O)C(F)(F)c1cc(-c2ccc(Br)cc2-n2nncc2-c2ccc(OC(F)(F)F)cc2)n(C)n1.CO.Cn1nc(C(F)(F)C(=O)O)cc1-c1ccc(Br)cc1-n1nncc1-c1ccc(OC(F)(F)F)cc1. The quantitative estimate of drug-likeness (QED) is 0.0817. The Hall–Kier alpha value is -7.66. The normalized spacial score (nSPS) is 11.8. The van der Waals surface area contributed by atoms with Gasteiger partial charge in [0.1, 0.15) is 22.9 Å². The van der Waals surface area contributed by atoms with Crippen LogP contribution >= 0.6 is 31.9 Å². The molecule has 0 atom stereocenters. The van der Waals surface area contributed by atoms with E-state index in [1.807, 2.05) is 0 Å². The number of carbonyl (C=O) groups is 2. The largest absolute Gasteiger partial charge is 0.573 e. The van der Waals surface area contributed by atoms with Gasteiger partial charge in [0.15, 0.2) is 0 Å². The fraction of sp³-hybridized carbons (Fsp3) is 0.200. The van der Waals surface area contributed by atoms with Crippen LogP contribution in [0.4, 0.5) is 43.9 Å². The molecule has 0 aliphatic carbocycles. The summed E-state index contributed by atoms with van der Waals surface area (Å²) in [6.45, 7) is 1.20. The number of aromatic nitrogens is 10. The molecule has 2 N–H and O–H groups in total. The Morgan fingerprint density at radius 2 is 0.946 bits per heavy atom. The highest BCUT2D eigenvalue weighted by Gasteiger charge is 2.46. The number of aryl methyl sites for hydroxylation is 2. The van der Waals surface area contributed by atoms with Crippen molar-refractivity contribution in [2.75, 3.05) is 13.7 Å². The molecule has 0 amide bonds. The summed E-state index contributed by atoms with van der Waals surface area (Å²) < 4.78 is 151. The van der Waals surface area contributed by atoms with Crippen molar-refractivity contribution in [3.8, 4) is 67.9 Å². The number of esters is 1. The molecule has 4 aromatic heterocycles. The molecule has 0 bridgehead atoms. The Labute approximate surface area is 426 Å². The van der Waals surface area contributed by atoms with Gasteiger partial charge in [0.2, 0.25) is 0 Å². The van der Waals surface area contributed by atoms with Crippen LogP contribution in [-0.2, 0) is 40.3 Å². The van der Waals surface area contributed by atoms with E-state index in [4.69, 9.17) is 10.2 Å². The first-order valence-corrected chi connectivity index (χ1v) is 22.2. The lowest BCUT2D eigenvalue weighted by Gasteiger charge is -2.13. The van der Waals surface area contributed by atoms with Crippen molar-refractivity contribution < 1.29 is 77.9 Å². The van der Waals surface area contributed by atoms with Crippen molar-refractivity contribution in [2.24, 2.45) is 14.1 Å². The predicted molar refractivity (Wildman–Crippen MR) is 247 cm³/mol. The van der Waals surface area contributed by atoms with E-state index in [2.05, 4.69) is 76.9 Å². The van der Waals surface area contributed by atoms with Crippen LogP contribution in [-0.4, -0.2) is 98.1 Å². The van der Waals surface area contributed by atoms with Crippen molar-refractivity contribution in [1.82, 2.24) is 49.5 Å². The number of alkyl halides is 10. The second-order valence-corrected chi connectivity index (χ2v) is 16.6. The van der Waals surface area contributed by atoms with Gasteiger partial charge in [-0.1, -0.05) is 42.3 Å². The van der Waals surface area contributed by atoms with E-state index in [1.165, 1.54) is 71.7 Å². The summed E-state index contributed by atoms with van der Waals surface area (Å²) in [7, 11) is 3.82. The highest BCUT2D eigenvalue weighted by molar-refractivity contribution is 9.10. The van der Waals surface area contributed by atoms with Gasteiger partial charge in [-0.15, -0.1) is 36.5 Å². The standard InChI is InChI=1S/C23H17BrF5N5O3.C21H13BrF5N5O3.CH4O/c1-3-36-21(35)22(25,26)20-11-17(33(2)31-20)16-9-6-14(24)10-18(16)34-19(12-30-32-34)13-4-7-15(8-5-13)37-23(27,28)29;1-31-15(9-18(29-31)20(23,24)19(33)34)14-7-4-12(22)8-16(14)32-17(10-28-30-32)11-2-5-13(6-3-11)35-21(25,26)27;1-2/h4-12H,3H2,1-2H3;2-10H,1H3,(H,33,34);2H,1H3. The first-order valence-electron chi connectivity index (χ1n) is 20.6. The average molecular weight is 1180 g/mol. The number of halogens is 12. The average Bonchev–Trinajstić information content (AvgIpc) is 4.17. The number of rotatable bonds is 13. The van der Waals surface area contributed by atoms with Gasteiger partial charge in [-0.25, -0.2) is 19.0 Å². The smallest absolute Gasteiger partial charge is 0.476 e. The second kappa shape index (κ2) is 22.2. The molecule has 4 aromatic carbocycles. The molecule has 0 aliphatic heterocycles. The maximum absolute atomic E-state index is 14.6. The molecular weight excluding hydrogens is 1140 g/mol. The van der Waals surface area contributed by atoms with Crippen molar-refractivity contribution in [3.05, 3.63) is 130 Å². The van der Waals surface area contributed by atoms with Gasteiger partial charge in [0.25, 0.3) is 0 Å². The highest BCUT2D eigenvalue weighted by Crippen LogP contribution is 2.39. The zero-order valence-corrected chi connectivity index (χ0v) is 41.2. The lowest BCUT2D eigenvalue weighted by Crippen LogP contribution is -2.28. The molecule has 0 unspecified atom stereocenters. The van der Waals surface area contributed by atoms with E-state index in [1.54, 1.807) is 36.4 Å². The number of aliphatic hydroxyl groups is 1. The number of hydrogen-bond donors (Lipinski definition) is 2. The zero-order valence-electron chi connectivity index (χ0n) is 38.0. The third-order valence-electron chi connectivity index (χ3n) is 10.00. The molecule has 0 saturated heterocycles.